The Hall–Kier alpha value is -1.57. The summed E-state index contributed by atoms with van der Waals surface area (Å²) in [6, 6.07) is 5.39. The van der Waals surface area contributed by atoms with Crippen molar-refractivity contribution in [2.24, 2.45) is 7.05 Å². The monoisotopic (exact) mass is 378 g/mol. The highest BCUT2D eigenvalue weighted by Gasteiger charge is 2.17. The van der Waals surface area contributed by atoms with Gasteiger partial charge in [-0.15, -0.1) is 11.3 Å². The van der Waals surface area contributed by atoms with Crippen LogP contribution < -0.4 is 10.9 Å². The van der Waals surface area contributed by atoms with Crippen LogP contribution in [0.3, 0.4) is 0 Å². The van der Waals surface area contributed by atoms with E-state index in [0.717, 1.165) is 36.7 Å². The van der Waals surface area contributed by atoms with E-state index in [0.29, 0.717) is 22.9 Å². The summed E-state index contributed by atoms with van der Waals surface area (Å²) in [7, 11) is 1.66. The Labute approximate surface area is 155 Å². The number of thioether (sulfide) groups is 1. The van der Waals surface area contributed by atoms with Crippen molar-refractivity contribution in [2.75, 3.05) is 25.5 Å². The van der Waals surface area contributed by atoms with Crippen molar-refractivity contribution in [3.05, 3.63) is 45.7 Å². The molecule has 0 radical (unpaired) electrons. The number of carbonyl (C=O) groups is 1. The molecule has 1 amide bonds. The molecule has 1 aliphatic rings. The molecule has 25 heavy (non-hydrogen) atoms. The molecule has 1 aliphatic heterocycles. The third kappa shape index (κ3) is 4.74. The van der Waals surface area contributed by atoms with Crippen LogP contribution in [-0.2, 0) is 11.8 Å². The molecule has 7 heteroatoms. The zero-order chi connectivity index (χ0) is 17.6. The first-order valence-corrected chi connectivity index (χ1v) is 10.3. The largest absolute Gasteiger partial charge is 0.381 e. The minimum Gasteiger partial charge on any atom is -0.381 e. The lowest BCUT2D eigenvalue weighted by Crippen LogP contribution is -2.29. The third-order valence-corrected chi connectivity index (χ3v) is 6.45. The van der Waals surface area contributed by atoms with Crippen LogP contribution in [0.5, 0.6) is 0 Å². The fourth-order valence-electron chi connectivity index (χ4n) is 2.77. The second-order valence-electron chi connectivity index (χ2n) is 5.97. The molecule has 0 saturated carbocycles. The zero-order valence-electron chi connectivity index (χ0n) is 14.2. The Morgan fingerprint density at radius 2 is 2.24 bits per heavy atom. The molecular weight excluding hydrogens is 356 g/mol. The minimum absolute atomic E-state index is 0.116. The molecule has 0 unspecified atom stereocenters. The lowest BCUT2D eigenvalue weighted by molar-refractivity contribution is 0.0955. The van der Waals surface area contributed by atoms with E-state index in [1.54, 1.807) is 13.2 Å². The van der Waals surface area contributed by atoms with Crippen LogP contribution in [0.15, 0.2) is 34.6 Å². The topological polar surface area (TPSA) is 60.3 Å². The Kier molecular flexibility index (Phi) is 6.34. The van der Waals surface area contributed by atoms with Gasteiger partial charge in [-0.2, -0.15) is 11.8 Å². The average molecular weight is 379 g/mol. The number of hydrogen-bond donors (Lipinski definition) is 1. The number of aromatic nitrogens is 1. The van der Waals surface area contributed by atoms with E-state index in [1.165, 1.54) is 22.0 Å². The molecule has 3 rings (SSSR count). The summed E-state index contributed by atoms with van der Waals surface area (Å²) in [6.07, 6.45) is 3.79. The second kappa shape index (κ2) is 8.69. The van der Waals surface area contributed by atoms with Crippen molar-refractivity contribution in [1.29, 1.82) is 0 Å². The zero-order valence-corrected chi connectivity index (χ0v) is 15.8. The molecule has 2 aromatic heterocycles. The van der Waals surface area contributed by atoms with Crippen LogP contribution in [-0.4, -0.2) is 41.2 Å². The summed E-state index contributed by atoms with van der Waals surface area (Å²) in [5.41, 5.74) is 1.13. The van der Waals surface area contributed by atoms with Crippen LogP contribution >= 0.6 is 23.1 Å². The van der Waals surface area contributed by atoms with E-state index in [2.05, 4.69) is 5.32 Å². The molecule has 0 atom stereocenters. The molecule has 0 aliphatic carbocycles. The summed E-state index contributed by atoms with van der Waals surface area (Å²) < 4.78 is 6.81. The standard InChI is InChI=1S/C18H22N2O3S2/c1-20-12-15(14(11-17(20)21)16-3-2-9-25-16)18(22)19-6-10-24-13-4-7-23-8-5-13/h2-3,9,11-13H,4-8,10H2,1H3,(H,19,22). The van der Waals surface area contributed by atoms with Gasteiger partial charge in [0, 0.05) is 60.5 Å². The molecule has 0 bridgehead atoms. The number of hydrogen-bond acceptors (Lipinski definition) is 5. The van der Waals surface area contributed by atoms with Gasteiger partial charge in [-0.25, -0.2) is 0 Å². The number of nitrogens with zero attached hydrogens (tertiary/aromatic N) is 1. The maximum atomic E-state index is 12.6. The highest BCUT2D eigenvalue weighted by Crippen LogP contribution is 2.27. The third-order valence-electron chi connectivity index (χ3n) is 4.17. The Balaban J connectivity index is 1.63. The maximum Gasteiger partial charge on any atom is 0.253 e. The van der Waals surface area contributed by atoms with Gasteiger partial charge < -0.3 is 14.6 Å². The molecule has 0 aromatic carbocycles. The van der Waals surface area contributed by atoms with Gasteiger partial charge in [0.25, 0.3) is 11.5 Å². The first-order valence-electron chi connectivity index (χ1n) is 8.37. The summed E-state index contributed by atoms with van der Waals surface area (Å²) in [6.45, 7) is 2.30. The lowest BCUT2D eigenvalue weighted by atomic mass is 10.1. The van der Waals surface area contributed by atoms with E-state index in [1.807, 2.05) is 29.3 Å². The fourth-order valence-corrected chi connectivity index (χ4v) is 4.61. The summed E-state index contributed by atoms with van der Waals surface area (Å²) in [5, 5.41) is 5.56. The Morgan fingerprint density at radius 3 is 2.96 bits per heavy atom. The maximum absolute atomic E-state index is 12.6. The second-order valence-corrected chi connectivity index (χ2v) is 8.32. The van der Waals surface area contributed by atoms with Crippen molar-refractivity contribution in [3.8, 4) is 10.4 Å². The number of nitrogens with one attached hydrogen (secondary N) is 1. The van der Waals surface area contributed by atoms with Gasteiger partial charge >= 0.3 is 0 Å². The van der Waals surface area contributed by atoms with Crippen molar-refractivity contribution >= 4 is 29.0 Å². The molecule has 0 spiro atoms. The number of aryl methyl sites for hydroxylation is 1. The minimum atomic E-state index is -0.133. The van der Waals surface area contributed by atoms with Gasteiger partial charge in [-0.05, 0) is 24.3 Å². The summed E-state index contributed by atoms with van der Waals surface area (Å²) in [5.74, 6) is 0.753. The molecule has 1 saturated heterocycles. The van der Waals surface area contributed by atoms with Crippen LogP contribution in [0, 0.1) is 0 Å². The Morgan fingerprint density at radius 1 is 1.44 bits per heavy atom. The number of amides is 1. The van der Waals surface area contributed by atoms with Gasteiger partial charge in [0.05, 0.1) is 5.56 Å². The molecule has 2 aromatic rings. The van der Waals surface area contributed by atoms with E-state index < -0.39 is 0 Å². The van der Waals surface area contributed by atoms with Crippen molar-refractivity contribution in [3.63, 3.8) is 0 Å². The van der Waals surface area contributed by atoms with E-state index in [4.69, 9.17) is 4.74 Å². The SMILES string of the molecule is Cn1cc(C(=O)NCCSC2CCOCC2)c(-c2cccs2)cc1=O. The van der Waals surface area contributed by atoms with E-state index >= 15 is 0 Å². The van der Waals surface area contributed by atoms with E-state index in [-0.39, 0.29) is 11.5 Å². The van der Waals surface area contributed by atoms with Gasteiger partial charge in [-0.1, -0.05) is 6.07 Å². The molecule has 5 nitrogen and oxygen atoms in total. The average Bonchev–Trinajstić information content (AvgIpc) is 3.16. The van der Waals surface area contributed by atoms with Gasteiger partial charge in [0.15, 0.2) is 0 Å². The lowest BCUT2D eigenvalue weighted by Gasteiger charge is -2.21. The molecule has 134 valence electrons. The first-order chi connectivity index (χ1) is 12.1. The highest BCUT2D eigenvalue weighted by atomic mass is 32.2. The molecule has 1 N–H and O–H groups in total. The molecular formula is C18H22N2O3S2. The van der Waals surface area contributed by atoms with Crippen LogP contribution in [0.25, 0.3) is 10.4 Å². The van der Waals surface area contributed by atoms with Crippen molar-refractivity contribution in [2.45, 2.75) is 18.1 Å². The quantitative estimate of drug-likeness (QED) is 0.785. The predicted octanol–water partition coefficient (Wildman–Crippen LogP) is 2.76. The van der Waals surface area contributed by atoms with Crippen molar-refractivity contribution in [1.82, 2.24) is 9.88 Å². The van der Waals surface area contributed by atoms with Crippen LogP contribution in [0.4, 0.5) is 0 Å². The van der Waals surface area contributed by atoms with Gasteiger partial charge in [0.1, 0.15) is 0 Å². The Bertz CT molecular complexity index is 765. The molecule has 3 heterocycles. The number of pyridine rings is 1. The number of rotatable bonds is 6. The predicted molar refractivity (Wildman–Crippen MR) is 104 cm³/mol. The van der Waals surface area contributed by atoms with Crippen LogP contribution in [0.1, 0.15) is 23.2 Å². The number of thiophene rings is 1. The van der Waals surface area contributed by atoms with E-state index in [9.17, 15) is 9.59 Å². The summed E-state index contributed by atoms with van der Waals surface area (Å²) in [4.78, 5) is 25.5. The fraction of sp³-hybridized carbons (Fsp3) is 0.444. The summed E-state index contributed by atoms with van der Waals surface area (Å²) >= 11 is 3.42. The van der Waals surface area contributed by atoms with Gasteiger partial charge in [-0.3, -0.25) is 9.59 Å². The normalized spacial score (nSPS) is 15.2. The van der Waals surface area contributed by atoms with Gasteiger partial charge in [0.2, 0.25) is 0 Å². The molecule has 1 fully saturated rings. The van der Waals surface area contributed by atoms with Crippen LogP contribution in [0.2, 0.25) is 0 Å². The highest BCUT2D eigenvalue weighted by molar-refractivity contribution is 7.99. The first kappa shape index (κ1) is 18.2. The smallest absolute Gasteiger partial charge is 0.253 e. The number of carbonyl (C=O) groups excluding carboxylic acids is 1. The number of ether oxygens (including phenoxy) is 1. The van der Waals surface area contributed by atoms with Crippen molar-refractivity contribution < 1.29 is 9.53 Å².